The summed E-state index contributed by atoms with van der Waals surface area (Å²) >= 11 is 0. The lowest BCUT2D eigenvalue weighted by molar-refractivity contribution is -0.122. The summed E-state index contributed by atoms with van der Waals surface area (Å²) in [6.45, 7) is 4.39. The van der Waals surface area contributed by atoms with E-state index in [0.29, 0.717) is 11.6 Å². The summed E-state index contributed by atoms with van der Waals surface area (Å²) in [5, 5.41) is 10.3. The zero-order valence-corrected chi connectivity index (χ0v) is 16.2. The van der Waals surface area contributed by atoms with Gasteiger partial charge in [-0.25, -0.2) is 12.4 Å². The fourth-order valence-corrected chi connectivity index (χ4v) is 4.67. The number of piperazine rings is 1. The molecule has 28 heavy (non-hydrogen) atoms. The van der Waals surface area contributed by atoms with Crippen molar-refractivity contribution in [1.82, 2.24) is 14.3 Å². The number of carbonyl (C=O) groups is 1. The monoisotopic (exact) mass is 402 g/mol. The molecule has 0 bridgehead atoms. The van der Waals surface area contributed by atoms with E-state index in [0.717, 1.165) is 30.8 Å². The number of pyridine rings is 1. The quantitative estimate of drug-likeness (QED) is 0.644. The molecule has 148 valence electrons. The Kier molecular flexibility index (Phi) is 5.96. The van der Waals surface area contributed by atoms with Crippen LogP contribution in [0.25, 0.3) is 11.0 Å². The van der Waals surface area contributed by atoms with Crippen LogP contribution < -0.4 is 10.2 Å². The smallest absolute Gasteiger partial charge is 0.290 e. The van der Waals surface area contributed by atoms with Crippen LogP contribution in [0.5, 0.6) is 0 Å². The highest BCUT2D eigenvalue weighted by Crippen LogP contribution is 2.31. The van der Waals surface area contributed by atoms with Gasteiger partial charge in [0, 0.05) is 38.1 Å². The van der Waals surface area contributed by atoms with Gasteiger partial charge in [0.2, 0.25) is 0 Å². The third kappa shape index (κ3) is 3.85. The van der Waals surface area contributed by atoms with Crippen molar-refractivity contribution in [2.45, 2.75) is 17.9 Å². The first-order chi connectivity index (χ1) is 13.5. The molecule has 9 heteroatoms. The maximum absolute atomic E-state index is 13.1. The molecule has 4 rings (SSSR count). The molecule has 3 aromatic rings. The van der Waals surface area contributed by atoms with Crippen LogP contribution in [0, 0.1) is 0 Å². The Labute approximate surface area is 163 Å². The summed E-state index contributed by atoms with van der Waals surface area (Å²) in [7, 11) is -3.66. The maximum Gasteiger partial charge on any atom is 0.290 e. The molecule has 0 saturated carbocycles. The van der Waals surface area contributed by atoms with Crippen molar-refractivity contribution in [3.05, 3.63) is 54.9 Å². The Balaban J connectivity index is 0.000000706. The topological polar surface area (TPSA) is 105 Å². The summed E-state index contributed by atoms with van der Waals surface area (Å²) in [4.78, 5) is 15.3. The number of aromatic nitrogens is 2. The number of nitrogens with zero attached hydrogens (tertiary/aromatic N) is 3. The highest BCUT2D eigenvalue weighted by Gasteiger charge is 2.25. The second-order valence-corrected chi connectivity index (χ2v) is 8.22. The molecule has 1 fully saturated rings. The molecule has 8 nitrogen and oxygen atoms in total. The third-order valence-corrected chi connectivity index (χ3v) is 6.20. The van der Waals surface area contributed by atoms with Gasteiger partial charge >= 0.3 is 0 Å². The fourth-order valence-electron chi connectivity index (χ4n) is 3.30. The molecule has 0 unspecified atom stereocenters. The Hall–Kier alpha value is -2.91. The number of hydrogen-bond acceptors (Lipinski definition) is 6. The Morgan fingerprint density at radius 1 is 1.21 bits per heavy atom. The van der Waals surface area contributed by atoms with E-state index in [1.807, 2.05) is 6.07 Å². The number of hydrogen-bond donors (Lipinski definition) is 2. The van der Waals surface area contributed by atoms with Gasteiger partial charge in [-0.05, 0) is 31.2 Å². The average molecular weight is 402 g/mol. The number of nitrogens with one attached hydrogen (secondary N) is 1. The highest BCUT2D eigenvalue weighted by atomic mass is 32.2. The molecule has 0 spiro atoms. The van der Waals surface area contributed by atoms with Crippen molar-refractivity contribution in [2.24, 2.45) is 0 Å². The standard InChI is InChI=1S/C18H20N4O2S.CH2O2/c1-14-12-21(11-10-19-14)17-13-22(16-8-5-9-20-18(16)17)25(23,24)15-6-3-2-4-7-15;2-1-3/h2-9,13-14,19H,10-12H2,1H3;1H,(H,2,3)/t14-;/m1./s1. The number of benzene rings is 1. The summed E-state index contributed by atoms with van der Waals surface area (Å²) in [6.07, 6.45) is 3.41. The van der Waals surface area contributed by atoms with E-state index in [1.165, 1.54) is 3.97 Å². The molecule has 1 aliphatic rings. The van der Waals surface area contributed by atoms with Crippen molar-refractivity contribution in [1.29, 1.82) is 0 Å². The van der Waals surface area contributed by atoms with Crippen molar-refractivity contribution in [3.63, 3.8) is 0 Å². The Bertz CT molecular complexity index is 1050. The highest BCUT2D eigenvalue weighted by molar-refractivity contribution is 7.90. The number of carboxylic acid groups (broad SMARTS) is 1. The van der Waals surface area contributed by atoms with Gasteiger partial charge < -0.3 is 15.3 Å². The van der Waals surface area contributed by atoms with Gasteiger partial charge in [0.15, 0.2) is 0 Å². The van der Waals surface area contributed by atoms with Crippen LogP contribution in [-0.4, -0.2) is 54.6 Å². The SMILES string of the molecule is C[C@@H]1CN(c2cn(S(=O)(=O)c3ccccc3)c3cccnc23)CCN1.O=CO. The molecule has 1 aliphatic heterocycles. The van der Waals surface area contributed by atoms with E-state index in [9.17, 15) is 8.42 Å². The first-order valence-electron chi connectivity index (χ1n) is 8.82. The molecular weight excluding hydrogens is 380 g/mol. The van der Waals surface area contributed by atoms with Crippen molar-refractivity contribution in [3.8, 4) is 0 Å². The van der Waals surface area contributed by atoms with Crippen LogP contribution >= 0.6 is 0 Å². The Morgan fingerprint density at radius 2 is 1.93 bits per heavy atom. The second-order valence-electron chi connectivity index (χ2n) is 6.41. The number of anilines is 1. The van der Waals surface area contributed by atoms with Crippen LogP contribution in [0.15, 0.2) is 59.8 Å². The van der Waals surface area contributed by atoms with Crippen LogP contribution in [0.4, 0.5) is 5.69 Å². The fraction of sp³-hybridized carbons (Fsp3) is 0.263. The lowest BCUT2D eigenvalue weighted by Crippen LogP contribution is -2.49. The molecule has 1 atom stereocenters. The Morgan fingerprint density at radius 3 is 2.61 bits per heavy atom. The lowest BCUT2D eigenvalue weighted by Gasteiger charge is -2.32. The zero-order chi connectivity index (χ0) is 20.1. The van der Waals surface area contributed by atoms with Gasteiger partial charge in [0.1, 0.15) is 5.52 Å². The molecule has 0 radical (unpaired) electrons. The van der Waals surface area contributed by atoms with Gasteiger partial charge in [-0.1, -0.05) is 18.2 Å². The van der Waals surface area contributed by atoms with E-state index in [2.05, 4.69) is 22.1 Å². The molecule has 0 aliphatic carbocycles. The van der Waals surface area contributed by atoms with Crippen molar-refractivity contribution >= 4 is 33.2 Å². The molecule has 2 N–H and O–H groups in total. The summed E-state index contributed by atoms with van der Waals surface area (Å²) in [5.41, 5.74) is 2.19. The van der Waals surface area contributed by atoms with E-state index >= 15 is 0 Å². The molecule has 1 saturated heterocycles. The normalized spacial score (nSPS) is 17.0. The summed E-state index contributed by atoms with van der Waals surface area (Å²) in [6, 6.07) is 12.4. The van der Waals surface area contributed by atoms with Gasteiger partial charge in [-0.2, -0.15) is 0 Å². The predicted molar refractivity (Wildman–Crippen MR) is 107 cm³/mol. The van der Waals surface area contributed by atoms with Crippen molar-refractivity contribution in [2.75, 3.05) is 24.5 Å². The lowest BCUT2D eigenvalue weighted by atomic mass is 10.2. The maximum atomic E-state index is 13.1. The minimum Gasteiger partial charge on any atom is -0.483 e. The van der Waals surface area contributed by atoms with E-state index in [4.69, 9.17) is 9.90 Å². The largest absolute Gasteiger partial charge is 0.483 e. The van der Waals surface area contributed by atoms with Crippen molar-refractivity contribution < 1.29 is 18.3 Å². The number of rotatable bonds is 3. The van der Waals surface area contributed by atoms with Crippen LogP contribution in [0.2, 0.25) is 0 Å². The first-order valence-corrected chi connectivity index (χ1v) is 10.3. The van der Waals surface area contributed by atoms with E-state index < -0.39 is 10.0 Å². The first kappa shape index (κ1) is 19.8. The average Bonchev–Trinajstić information content (AvgIpc) is 3.10. The minimum atomic E-state index is -3.66. The van der Waals surface area contributed by atoms with Crippen LogP contribution in [0.3, 0.4) is 0 Å². The van der Waals surface area contributed by atoms with Gasteiger partial charge in [-0.3, -0.25) is 9.78 Å². The van der Waals surface area contributed by atoms with E-state index in [-0.39, 0.29) is 11.4 Å². The molecule has 3 heterocycles. The molecule has 1 aromatic carbocycles. The minimum absolute atomic E-state index is 0.250. The summed E-state index contributed by atoms with van der Waals surface area (Å²) < 4.78 is 27.6. The van der Waals surface area contributed by atoms with Gasteiger partial charge in [0.05, 0.1) is 16.1 Å². The van der Waals surface area contributed by atoms with Crippen LogP contribution in [-0.2, 0) is 14.8 Å². The van der Waals surface area contributed by atoms with E-state index in [1.54, 1.807) is 48.8 Å². The molecule has 2 aromatic heterocycles. The summed E-state index contributed by atoms with van der Waals surface area (Å²) in [5.74, 6) is 0. The zero-order valence-electron chi connectivity index (χ0n) is 15.4. The second kappa shape index (κ2) is 8.41. The number of fused-ring (bicyclic) bond motifs is 1. The third-order valence-electron chi connectivity index (χ3n) is 4.52. The van der Waals surface area contributed by atoms with Gasteiger partial charge in [0.25, 0.3) is 16.5 Å². The molecular formula is C19H22N4O4S. The van der Waals surface area contributed by atoms with Gasteiger partial charge in [-0.15, -0.1) is 0 Å². The van der Waals surface area contributed by atoms with Crippen LogP contribution in [0.1, 0.15) is 6.92 Å². The molecule has 0 amide bonds. The predicted octanol–water partition coefficient (Wildman–Crippen LogP) is 1.77.